The molecule has 1 atom stereocenters. The van der Waals surface area contributed by atoms with E-state index in [9.17, 15) is 0 Å². The maximum Gasteiger partial charge on any atom is -0.0126 e. The number of benzene rings is 2. The lowest BCUT2D eigenvalue weighted by molar-refractivity contribution is 0.495. The lowest BCUT2D eigenvalue weighted by atomic mass is 9.67. The minimum absolute atomic E-state index is 0.0860. The van der Waals surface area contributed by atoms with Gasteiger partial charge in [-0.25, -0.2) is 0 Å². The average Bonchev–Trinajstić information content (AvgIpc) is 2.68. The third-order valence-corrected chi connectivity index (χ3v) is 8.29. The first-order valence-electron chi connectivity index (χ1n) is 15.4. The molecule has 2 aromatic rings. The van der Waals surface area contributed by atoms with Crippen LogP contribution in [0.15, 0.2) is 24.3 Å². The van der Waals surface area contributed by atoms with Crippen molar-refractivity contribution in [2.75, 3.05) is 0 Å². The van der Waals surface area contributed by atoms with Gasteiger partial charge in [-0.15, -0.1) is 0 Å². The van der Waals surface area contributed by atoms with Gasteiger partial charge >= 0.3 is 0 Å². The standard InChI is InChI=1S/C39H64/c1-25(26-21-31(37(11,12)13)33(39(17,18)19)32(22-26)38(14,15)16)20-27-23-29(35(5,6)7)30(36(8,9)10)24-28(27)34(2,3)4/h21-25H,20H2,1-19H3. The van der Waals surface area contributed by atoms with Crippen LogP contribution in [0.25, 0.3) is 0 Å². The lowest BCUT2D eigenvalue weighted by Gasteiger charge is -2.38. The predicted octanol–water partition coefficient (Wildman–Crippen LogP) is 11.8. The van der Waals surface area contributed by atoms with E-state index in [1.807, 2.05) is 0 Å². The fourth-order valence-electron chi connectivity index (χ4n) is 6.14. The Morgan fingerprint density at radius 3 is 1.05 bits per heavy atom. The van der Waals surface area contributed by atoms with E-state index >= 15 is 0 Å². The molecule has 0 heteroatoms. The second kappa shape index (κ2) is 10.4. The van der Waals surface area contributed by atoms with Crippen molar-refractivity contribution in [3.63, 3.8) is 0 Å². The van der Waals surface area contributed by atoms with Gasteiger partial charge in [0, 0.05) is 0 Å². The highest BCUT2D eigenvalue weighted by Gasteiger charge is 2.34. The number of hydrogen-bond donors (Lipinski definition) is 0. The number of hydrogen-bond acceptors (Lipinski definition) is 0. The van der Waals surface area contributed by atoms with Crippen molar-refractivity contribution in [3.05, 3.63) is 68.8 Å². The first-order valence-corrected chi connectivity index (χ1v) is 15.4. The summed E-state index contributed by atoms with van der Waals surface area (Å²) in [5, 5.41) is 0. The average molecular weight is 533 g/mol. The van der Waals surface area contributed by atoms with E-state index < -0.39 is 0 Å². The van der Waals surface area contributed by atoms with Crippen LogP contribution >= 0.6 is 0 Å². The molecular formula is C39H64. The second-order valence-electron chi connectivity index (χ2n) is 18.7. The molecule has 0 aliphatic carbocycles. The zero-order valence-electron chi connectivity index (χ0n) is 29.6. The molecule has 0 N–H and O–H groups in total. The van der Waals surface area contributed by atoms with Crippen molar-refractivity contribution >= 4 is 0 Å². The Morgan fingerprint density at radius 1 is 0.410 bits per heavy atom. The molecule has 1 unspecified atom stereocenters. The summed E-state index contributed by atoms with van der Waals surface area (Å²) in [4.78, 5) is 0. The van der Waals surface area contributed by atoms with Crippen LogP contribution in [0.3, 0.4) is 0 Å². The van der Waals surface area contributed by atoms with Crippen LogP contribution in [0.5, 0.6) is 0 Å². The highest BCUT2D eigenvalue weighted by molar-refractivity contribution is 5.51. The monoisotopic (exact) mass is 533 g/mol. The van der Waals surface area contributed by atoms with Crippen LogP contribution in [0.1, 0.15) is 182 Å². The molecule has 0 amide bonds. The maximum absolute atomic E-state index is 2.58. The molecule has 0 radical (unpaired) electrons. The van der Waals surface area contributed by atoms with E-state index in [1.165, 1.54) is 38.9 Å². The van der Waals surface area contributed by atoms with Gasteiger partial charge in [-0.1, -0.05) is 156 Å². The summed E-state index contributed by atoms with van der Waals surface area (Å²) in [6.45, 7) is 45.3. The number of rotatable bonds is 3. The molecule has 0 bridgehead atoms. The van der Waals surface area contributed by atoms with E-state index in [0.717, 1.165) is 6.42 Å². The summed E-state index contributed by atoms with van der Waals surface area (Å²) in [6.07, 6.45) is 1.06. The van der Waals surface area contributed by atoms with Crippen LogP contribution in [-0.2, 0) is 38.9 Å². The first-order chi connectivity index (χ1) is 17.1. The van der Waals surface area contributed by atoms with Crippen LogP contribution < -0.4 is 0 Å². The SMILES string of the molecule is CC(Cc1cc(C(C)(C)C)c(C(C)(C)C)cc1C(C)(C)C)c1cc(C(C)(C)C)c(C(C)(C)C)c(C(C)(C)C)c1. The van der Waals surface area contributed by atoms with Crippen LogP contribution in [0.2, 0.25) is 0 Å². The molecule has 0 aromatic heterocycles. The molecule has 0 aliphatic rings. The molecule has 0 heterocycles. The Morgan fingerprint density at radius 2 is 0.744 bits per heavy atom. The summed E-state index contributed by atoms with van der Waals surface area (Å²) in [5.41, 5.74) is 12.6. The summed E-state index contributed by atoms with van der Waals surface area (Å²) >= 11 is 0. The molecule has 0 spiro atoms. The Hall–Kier alpha value is -1.56. The van der Waals surface area contributed by atoms with Gasteiger partial charge in [-0.2, -0.15) is 0 Å². The van der Waals surface area contributed by atoms with Crippen molar-refractivity contribution < 1.29 is 0 Å². The van der Waals surface area contributed by atoms with E-state index in [-0.39, 0.29) is 32.5 Å². The summed E-state index contributed by atoms with van der Waals surface area (Å²) < 4.78 is 0. The van der Waals surface area contributed by atoms with Gasteiger partial charge in [0.05, 0.1) is 0 Å². The van der Waals surface area contributed by atoms with Gasteiger partial charge in [-0.3, -0.25) is 0 Å². The van der Waals surface area contributed by atoms with E-state index in [1.54, 1.807) is 5.56 Å². The van der Waals surface area contributed by atoms with Gasteiger partial charge in [-0.05, 0) is 89.3 Å². The summed E-state index contributed by atoms with van der Waals surface area (Å²) in [7, 11) is 0. The molecule has 0 saturated carbocycles. The molecule has 0 fully saturated rings. The van der Waals surface area contributed by atoms with E-state index in [0.29, 0.717) is 5.92 Å². The molecule has 39 heavy (non-hydrogen) atoms. The van der Waals surface area contributed by atoms with Gasteiger partial charge in [0.15, 0.2) is 0 Å². The fourth-order valence-corrected chi connectivity index (χ4v) is 6.14. The molecule has 0 nitrogen and oxygen atoms in total. The highest BCUT2D eigenvalue weighted by atomic mass is 14.4. The Bertz CT molecular complexity index is 1120. The first kappa shape index (κ1) is 33.6. The topological polar surface area (TPSA) is 0 Å². The quantitative estimate of drug-likeness (QED) is 0.369. The molecule has 0 aliphatic heterocycles. The van der Waals surface area contributed by atoms with E-state index in [2.05, 4.69) is 156 Å². The Kier molecular flexibility index (Phi) is 8.94. The van der Waals surface area contributed by atoms with E-state index in [4.69, 9.17) is 0 Å². The minimum atomic E-state index is 0.0860. The predicted molar refractivity (Wildman–Crippen MR) is 177 cm³/mol. The van der Waals surface area contributed by atoms with Crippen molar-refractivity contribution in [1.82, 2.24) is 0 Å². The van der Waals surface area contributed by atoms with Gasteiger partial charge in [0.1, 0.15) is 0 Å². The minimum Gasteiger partial charge on any atom is -0.0581 e. The largest absolute Gasteiger partial charge is 0.0581 e. The molecule has 2 aromatic carbocycles. The Labute approximate surface area is 244 Å². The summed E-state index contributed by atoms with van der Waals surface area (Å²) in [5.74, 6) is 0.427. The van der Waals surface area contributed by atoms with Gasteiger partial charge in [0.2, 0.25) is 0 Å². The normalized spacial score (nSPS) is 15.1. The van der Waals surface area contributed by atoms with Crippen LogP contribution in [-0.4, -0.2) is 0 Å². The highest BCUT2D eigenvalue weighted by Crippen LogP contribution is 2.44. The smallest absolute Gasteiger partial charge is 0.0126 e. The van der Waals surface area contributed by atoms with Crippen molar-refractivity contribution in [1.29, 1.82) is 0 Å². The van der Waals surface area contributed by atoms with Crippen LogP contribution in [0.4, 0.5) is 0 Å². The van der Waals surface area contributed by atoms with Gasteiger partial charge in [0.25, 0.3) is 0 Å². The van der Waals surface area contributed by atoms with Crippen LogP contribution in [0, 0.1) is 0 Å². The third-order valence-electron chi connectivity index (χ3n) is 8.29. The van der Waals surface area contributed by atoms with Crippen molar-refractivity contribution in [3.8, 4) is 0 Å². The molecular weight excluding hydrogens is 468 g/mol. The molecule has 0 saturated heterocycles. The van der Waals surface area contributed by atoms with Gasteiger partial charge < -0.3 is 0 Å². The van der Waals surface area contributed by atoms with Crippen molar-refractivity contribution in [2.24, 2.45) is 0 Å². The fraction of sp³-hybridized carbons (Fsp3) is 0.692. The zero-order valence-corrected chi connectivity index (χ0v) is 29.6. The Balaban J connectivity index is 2.87. The molecule has 2 rings (SSSR count). The third kappa shape index (κ3) is 7.80. The summed E-state index contributed by atoms with van der Waals surface area (Å²) in [6, 6.07) is 10.3. The molecule has 220 valence electrons. The lowest BCUT2D eigenvalue weighted by Crippen LogP contribution is -2.29. The second-order valence-corrected chi connectivity index (χ2v) is 18.7. The van der Waals surface area contributed by atoms with Crippen molar-refractivity contribution in [2.45, 2.75) is 176 Å². The maximum atomic E-state index is 2.58. The zero-order chi connectivity index (χ0) is 30.7.